The second kappa shape index (κ2) is 9.87. The Kier molecular flexibility index (Phi) is 6.93. The zero-order valence-corrected chi connectivity index (χ0v) is 18.5. The molecule has 0 unspecified atom stereocenters. The number of piperidine rings is 1. The third-order valence-electron chi connectivity index (χ3n) is 5.75. The van der Waals surface area contributed by atoms with Crippen molar-refractivity contribution < 1.29 is 22.4 Å². The summed E-state index contributed by atoms with van der Waals surface area (Å²) in [6, 6.07) is 14.3. The molecular weight excluding hydrogens is 455 g/mol. The first-order valence-corrected chi connectivity index (χ1v) is 11.0. The standard InChI is InChI=1S/C24H23ClF3N3O2/c25-21-13-19(24(26,27)28)14-29-22(21)30-10-8-18(9-11-30)23(32)31(16-20-7-4-12-33-20)15-17-5-2-1-3-6-17/h1-7,12-14,18H,8-11,15-16H2. The van der Waals surface area contributed by atoms with Crippen molar-refractivity contribution in [3.63, 3.8) is 0 Å². The van der Waals surface area contributed by atoms with Crippen LogP contribution < -0.4 is 4.90 Å². The number of anilines is 1. The van der Waals surface area contributed by atoms with E-state index in [-0.39, 0.29) is 16.8 Å². The number of carbonyl (C=O) groups excluding carboxylic acids is 1. The fourth-order valence-corrected chi connectivity index (χ4v) is 4.31. The largest absolute Gasteiger partial charge is 0.467 e. The molecule has 4 rings (SSSR count). The summed E-state index contributed by atoms with van der Waals surface area (Å²) in [5.41, 5.74) is 0.145. The molecule has 0 bridgehead atoms. The molecule has 1 fully saturated rings. The van der Waals surface area contributed by atoms with Crippen molar-refractivity contribution >= 4 is 23.3 Å². The van der Waals surface area contributed by atoms with E-state index >= 15 is 0 Å². The van der Waals surface area contributed by atoms with Gasteiger partial charge in [-0.3, -0.25) is 4.79 Å². The van der Waals surface area contributed by atoms with Gasteiger partial charge in [0, 0.05) is 31.7 Å². The molecule has 1 aliphatic heterocycles. The number of hydrogen-bond donors (Lipinski definition) is 0. The van der Waals surface area contributed by atoms with Crippen molar-refractivity contribution in [1.82, 2.24) is 9.88 Å². The van der Waals surface area contributed by atoms with Crippen LogP contribution in [0.1, 0.15) is 29.7 Å². The monoisotopic (exact) mass is 477 g/mol. The number of nitrogens with zero attached hydrogens (tertiary/aromatic N) is 3. The van der Waals surface area contributed by atoms with E-state index in [1.807, 2.05) is 41.3 Å². The maximum atomic E-state index is 13.4. The molecule has 0 spiro atoms. The molecule has 5 nitrogen and oxygen atoms in total. The number of hydrogen-bond acceptors (Lipinski definition) is 4. The van der Waals surface area contributed by atoms with E-state index in [0.29, 0.717) is 50.6 Å². The van der Waals surface area contributed by atoms with Crippen LogP contribution in [0.4, 0.5) is 19.0 Å². The summed E-state index contributed by atoms with van der Waals surface area (Å²) in [7, 11) is 0. The lowest BCUT2D eigenvalue weighted by Crippen LogP contribution is -2.42. The quantitative estimate of drug-likeness (QED) is 0.450. The van der Waals surface area contributed by atoms with Crippen LogP contribution in [-0.4, -0.2) is 28.9 Å². The minimum Gasteiger partial charge on any atom is -0.467 e. The summed E-state index contributed by atoms with van der Waals surface area (Å²) in [4.78, 5) is 21.0. The number of carbonyl (C=O) groups is 1. The van der Waals surface area contributed by atoms with Crippen LogP contribution in [0.3, 0.4) is 0 Å². The summed E-state index contributed by atoms with van der Waals surface area (Å²) < 4.78 is 44.1. The fraction of sp³-hybridized carbons (Fsp3) is 0.333. The molecule has 0 saturated carbocycles. The zero-order valence-electron chi connectivity index (χ0n) is 17.8. The van der Waals surface area contributed by atoms with Crippen LogP contribution in [0.2, 0.25) is 5.02 Å². The van der Waals surface area contributed by atoms with Crippen molar-refractivity contribution in [2.45, 2.75) is 32.1 Å². The van der Waals surface area contributed by atoms with Crippen molar-refractivity contribution in [3.8, 4) is 0 Å². The van der Waals surface area contributed by atoms with Gasteiger partial charge < -0.3 is 14.2 Å². The topological polar surface area (TPSA) is 49.6 Å². The van der Waals surface area contributed by atoms with Crippen molar-refractivity contribution in [2.75, 3.05) is 18.0 Å². The summed E-state index contributed by atoms with van der Waals surface area (Å²) >= 11 is 6.10. The van der Waals surface area contributed by atoms with Crippen LogP contribution in [0.25, 0.3) is 0 Å². The van der Waals surface area contributed by atoms with E-state index in [2.05, 4.69) is 4.98 Å². The van der Waals surface area contributed by atoms with Gasteiger partial charge in [0.15, 0.2) is 0 Å². The van der Waals surface area contributed by atoms with Crippen LogP contribution in [0, 0.1) is 5.92 Å². The molecule has 1 amide bonds. The Labute approximate surface area is 194 Å². The van der Waals surface area contributed by atoms with Crippen molar-refractivity contribution in [2.24, 2.45) is 5.92 Å². The molecule has 1 aromatic carbocycles. The average molecular weight is 478 g/mol. The van der Waals surface area contributed by atoms with E-state index < -0.39 is 11.7 Å². The molecule has 174 valence electrons. The maximum absolute atomic E-state index is 13.4. The molecule has 0 aliphatic carbocycles. The van der Waals surface area contributed by atoms with Gasteiger partial charge in [-0.2, -0.15) is 13.2 Å². The van der Waals surface area contributed by atoms with Gasteiger partial charge in [0.05, 0.1) is 23.4 Å². The van der Waals surface area contributed by atoms with Gasteiger partial charge in [-0.25, -0.2) is 4.98 Å². The van der Waals surface area contributed by atoms with Crippen molar-refractivity contribution in [3.05, 3.63) is 82.9 Å². The number of aromatic nitrogens is 1. The van der Waals surface area contributed by atoms with Crippen LogP contribution in [0.15, 0.2) is 65.4 Å². The first-order chi connectivity index (χ1) is 15.8. The first kappa shape index (κ1) is 23.2. The molecule has 1 saturated heterocycles. The summed E-state index contributed by atoms with van der Waals surface area (Å²) in [6.07, 6.45) is -1.00. The third kappa shape index (κ3) is 5.68. The summed E-state index contributed by atoms with van der Waals surface area (Å²) in [5.74, 6) is 0.847. The molecule has 2 aromatic heterocycles. The molecule has 9 heteroatoms. The number of pyridine rings is 1. The lowest BCUT2D eigenvalue weighted by Gasteiger charge is -2.35. The SMILES string of the molecule is O=C(C1CCN(c2ncc(C(F)(F)F)cc2Cl)CC1)N(Cc1ccccc1)Cc1ccco1. The van der Waals surface area contributed by atoms with Crippen LogP contribution in [0.5, 0.6) is 0 Å². The molecule has 3 aromatic rings. The highest BCUT2D eigenvalue weighted by atomic mass is 35.5. The number of furan rings is 1. The molecule has 1 aliphatic rings. The molecular formula is C24H23ClF3N3O2. The summed E-state index contributed by atoms with van der Waals surface area (Å²) in [6.45, 7) is 1.79. The molecule has 33 heavy (non-hydrogen) atoms. The zero-order chi connectivity index (χ0) is 23.4. The van der Waals surface area contributed by atoms with Gasteiger partial charge in [0.1, 0.15) is 11.6 Å². The van der Waals surface area contributed by atoms with Gasteiger partial charge in [0.2, 0.25) is 5.91 Å². The Bertz CT molecular complexity index is 1070. The predicted molar refractivity (Wildman–Crippen MR) is 119 cm³/mol. The lowest BCUT2D eigenvalue weighted by molar-refractivity contribution is -0.138. The van der Waals surface area contributed by atoms with Gasteiger partial charge in [-0.15, -0.1) is 0 Å². The van der Waals surface area contributed by atoms with Gasteiger partial charge >= 0.3 is 6.18 Å². The minimum atomic E-state index is -4.50. The Morgan fingerprint density at radius 1 is 1.12 bits per heavy atom. The number of halogens is 4. The summed E-state index contributed by atoms with van der Waals surface area (Å²) in [5, 5.41) is -0.0434. The average Bonchev–Trinajstić information content (AvgIpc) is 3.31. The lowest BCUT2D eigenvalue weighted by atomic mass is 9.94. The van der Waals surface area contributed by atoms with E-state index in [4.69, 9.17) is 16.0 Å². The van der Waals surface area contributed by atoms with E-state index in [1.165, 1.54) is 0 Å². The smallest absolute Gasteiger partial charge is 0.417 e. The van der Waals surface area contributed by atoms with E-state index in [1.54, 1.807) is 17.2 Å². The number of benzene rings is 1. The normalized spacial score (nSPS) is 15.0. The van der Waals surface area contributed by atoms with E-state index in [9.17, 15) is 18.0 Å². The second-order valence-electron chi connectivity index (χ2n) is 8.05. The minimum absolute atomic E-state index is 0.0291. The van der Waals surface area contributed by atoms with Gasteiger partial charge in [-0.1, -0.05) is 41.9 Å². The molecule has 0 radical (unpaired) electrons. The Morgan fingerprint density at radius 3 is 2.45 bits per heavy atom. The predicted octanol–water partition coefficient (Wildman–Crippen LogP) is 5.79. The van der Waals surface area contributed by atoms with Gasteiger partial charge in [-0.05, 0) is 36.6 Å². The Hall–Kier alpha value is -3.00. The first-order valence-electron chi connectivity index (χ1n) is 10.6. The number of amides is 1. The highest BCUT2D eigenvalue weighted by Gasteiger charge is 2.33. The second-order valence-corrected chi connectivity index (χ2v) is 8.45. The highest BCUT2D eigenvalue weighted by Crippen LogP contribution is 2.35. The van der Waals surface area contributed by atoms with Crippen LogP contribution in [-0.2, 0) is 24.1 Å². The Morgan fingerprint density at radius 2 is 1.85 bits per heavy atom. The van der Waals surface area contributed by atoms with E-state index in [0.717, 1.165) is 17.8 Å². The van der Waals surface area contributed by atoms with Crippen LogP contribution >= 0.6 is 11.6 Å². The number of rotatable bonds is 6. The third-order valence-corrected chi connectivity index (χ3v) is 6.03. The highest BCUT2D eigenvalue weighted by molar-refractivity contribution is 6.33. The molecule has 0 N–H and O–H groups in total. The Balaban J connectivity index is 1.43. The molecule has 0 atom stereocenters. The van der Waals surface area contributed by atoms with Gasteiger partial charge in [0.25, 0.3) is 0 Å². The van der Waals surface area contributed by atoms with Crippen molar-refractivity contribution in [1.29, 1.82) is 0 Å². The fourth-order valence-electron chi connectivity index (χ4n) is 4.02. The maximum Gasteiger partial charge on any atom is 0.417 e. The molecule has 3 heterocycles. The number of alkyl halides is 3.